The lowest BCUT2D eigenvalue weighted by atomic mass is 10.0. The van der Waals surface area contributed by atoms with Crippen molar-refractivity contribution in [1.29, 1.82) is 5.26 Å². The van der Waals surface area contributed by atoms with E-state index >= 15 is 0 Å². The molecular weight excluding hydrogens is 452 g/mol. The Kier molecular flexibility index (Phi) is 7.47. The van der Waals surface area contributed by atoms with Crippen LogP contribution in [0.15, 0.2) is 84.6 Å². The molecule has 0 aliphatic heterocycles. The number of methoxy groups -OCH3 is 2. The van der Waals surface area contributed by atoms with E-state index in [1.165, 1.54) is 0 Å². The predicted octanol–water partition coefficient (Wildman–Crippen LogP) is 5.66. The van der Waals surface area contributed by atoms with Crippen molar-refractivity contribution in [2.24, 2.45) is 0 Å². The number of hydrogen-bond acceptors (Lipinski definition) is 5. The Morgan fingerprint density at radius 1 is 1.03 bits per heavy atom. The summed E-state index contributed by atoms with van der Waals surface area (Å²) in [7, 11) is 3.14. The number of rotatable bonds is 8. The first-order valence-corrected chi connectivity index (χ1v) is 11.5. The summed E-state index contributed by atoms with van der Waals surface area (Å²) in [5, 5.41) is 17.4. The van der Waals surface area contributed by atoms with Crippen LogP contribution in [-0.4, -0.2) is 29.9 Å². The van der Waals surface area contributed by atoms with Gasteiger partial charge in [-0.15, -0.1) is 0 Å². The third-order valence-corrected chi connectivity index (χ3v) is 5.71. The van der Waals surface area contributed by atoms with Crippen LogP contribution in [0.4, 0.5) is 5.69 Å². The number of amides is 1. The Morgan fingerprint density at radius 3 is 2.39 bits per heavy atom. The number of nitriles is 1. The molecule has 1 aromatic heterocycles. The molecule has 1 amide bonds. The van der Waals surface area contributed by atoms with Crippen LogP contribution in [-0.2, 0) is 11.2 Å². The van der Waals surface area contributed by atoms with Gasteiger partial charge in [-0.2, -0.15) is 10.4 Å². The lowest BCUT2D eigenvalue weighted by molar-refractivity contribution is -0.112. The zero-order valence-corrected chi connectivity index (χ0v) is 20.4. The molecule has 0 fully saturated rings. The molecule has 0 radical (unpaired) electrons. The molecule has 0 saturated carbocycles. The lowest BCUT2D eigenvalue weighted by Gasteiger charge is -2.09. The Hall–Kier alpha value is -4.83. The average Bonchev–Trinajstić information content (AvgIpc) is 3.36. The number of nitrogens with zero attached hydrogens (tertiary/aromatic N) is 3. The topological polar surface area (TPSA) is 89.2 Å². The van der Waals surface area contributed by atoms with Gasteiger partial charge in [0.2, 0.25) is 0 Å². The summed E-state index contributed by atoms with van der Waals surface area (Å²) in [5.41, 5.74) is 4.55. The summed E-state index contributed by atoms with van der Waals surface area (Å²) in [6.45, 7) is 2.07. The zero-order valence-electron chi connectivity index (χ0n) is 20.4. The highest BCUT2D eigenvalue weighted by molar-refractivity contribution is 6.10. The largest absolute Gasteiger partial charge is 0.493 e. The maximum atomic E-state index is 12.9. The maximum Gasteiger partial charge on any atom is 0.266 e. The summed E-state index contributed by atoms with van der Waals surface area (Å²) in [6, 6.07) is 24.7. The normalized spacial score (nSPS) is 11.0. The molecule has 3 aromatic carbocycles. The Morgan fingerprint density at radius 2 is 1.75 bits per heavy atom. The van der Waals surface area contributed by atoms with Gasteiger partial charge >= 0.3 is 0 Å². The van der Waals surface area contributed by atoms with E-state index in [1.807, 2.05) is 72.8 Å². The molecule has 0 aliphatic carbocycles. The summed E-state index contributed by atoms with van der Waals surface area (Å²) >= 11 is 0. The van der Waals surface area contributed by atoms with Crippen LogP contribution in [0.1, 0.15) is 18.1 Å². The van der Waals surface area contributed by atoms with Gasteiger partial charge in [-0.05, 0) is 60.5 Å². The van der Waals surface area contributed by atoms with E-state index in [2.05, 4.69) is 12.2 Å². The van der Waals surface area contributed by atoms with Crippen molar-refractivity contribution in [1.82, 2.24) is 9.78 Å². The second-order valence-corrected chi connectivity index (χ2v) is 7.96. The van der Waals surface area contributed by atoms with E-state index in [4.69, 9.17) is 14.6 Å². The van der Waals surface area contributed by atoms with Gasteiger partial charge in [0, 0.05) is 23.0 Å². The van der Waals surface area contributed by atoms with E-state index in [0.29, 0.717) is 28.4 Å². The van der Waals surface area contributed by atoms with Gasteiger partial charge in [-0.25, -0.2) is 4.68 Å². The molecule has 7 heteroatoms. The van der Waals surface area contributed by atoms with Gasteiger partial charge in [0.1, 0.15) is 17.3 Å². The molecular formula is C29H26N4O3. The predicted molar refractivity (Wildman–Crippen MR) is 140 cm³/mol. The number of aryl methyl sites for hydroxylation is 1. The molecule has 1 N–H and O–H groups in total. The van der Waals surface area contributed by atoms with Gasteiger partial charge in [0.25, 0.3) is 5.91 Å². The van der Waals surface area contributed by atoms with Crippen molar-refractivity contribution in [3.8, 4) is 34.5 Å². The number of ether oxygens (including phenoxy) is 2. The average molecular weight is 479 g/mol. The minimum absolute atomic E-state index is 0.0380. The molecule has 1 heterocycles. The van der Waals surface area contributed by atoms with E-state index in [9.17, 15) is 10.1 Å². The van der Waals surface area contributed by atoms with Gasteiger partial charge in [-0.1, -0.05) is 37.3 Å². The molecule has 0 aliphatic rings. The standard InChI is InChI=1S/C29H26N4O3/c1-4-20-10-13-24(14-11-20)31-29(34)22(18-30)16-23-19-33(25-8-6-5-7-9-25)32-28(23)21-12-15-26(35-2)27(17-21)36-3/h5-17,19H,4H2,1-3H3,(H,31,34). The molecule has 7 nitrogen and oxygen atoms in total. The quantitative estimate of drug-likeness (QED) is 0.261. The smallest absolute Gasteiger partial charge is 0.266 e. The second-order valence-electron chi connectivity index (χ2n) is 7.96. The minimum atomic E-state index is -0.493. The fourth-order valence-electron chi connectivity index (χ4n) is 3.74. The molecule has 0 bridgehead atoms. The van der Waals surface area contributed by atoms with Crippen molar-refractivity contribution in [2.75, 3.05) is 19.5 Å². The fourth-order valence-corrected chi connectivity index (χ4v) is 3.74. The van der Waals surface area contributed by atoms with Crippen LogP contribution in [0.2, 0.25) is 0 Å². The third-order valence-electron chi connectivity index (χ3n) is 5.71. The van der Waals surface area contributed by atoms with Crippen molar-refractivity contribution in [3.05, 3.63) is 95.7 Å². The number of nitrogens with one attached hydrogen (secondary N) is 1. The van der Waals surface area contributed by atoms with Crippen LogP contribution >= 0.6 is 0 Å². The van der Waals surface area contributed by atoms with Gasteiger partial charge in [0.05, 0.1) is 19.9 Å². The van der Waals surface area contributed by atoms with Crippen LogP contribution in [0.3, 0.4) is 0 Å². The summed E-state index contributed by atoms with van der Waals surface area (Å²) < 4.78 is 12.5. The van der Waals surface area contributed by atoms with E-state index in [-0.39, 0.29) is 5.57 Å². The summed E-state index contributed by atoms with van der Waals surface area (Å²) in [4.78, 5) is 12.9. The summed E-state index contributed by atoms with van der Waals surface area (Å²) in [5.74, 6) is 0.646. The highest BCUT2D eigenvalue weighted by Crippen LogP contribution is 2.34. The molecule has 0 unspecified atom stereocenters. The number of anilines is 1. The van der Waals surface area contributed by atoms with Crippen molar-refractivity contribution < 1.29 is 14.3 Å². The van der Waals surface area contributed by atoms with Gasteiger partial charge in [0.15, 0.2) is 11.5 Å². The van der Waals surface area contributed by atoms with E-state index in [1.54, 1.807) is 37.2 Å². The molecule has 0 saturated heterocycles. The number of benzene rings is 3. The van der Waals surface area contributed by atoms with E-state index in [0.717, 1.165) is 23.2 Å². The Labute approximate surface area is 210 Å². The molecule has 4 rings (SSSR count). The Balaban J connectivity index is 1.76. The van der Waals surface area contributed by atoms with Crippen LogP contribution in [0, 0.1) is 11.3 Å². The molecule has 0 spiro atoms. The van der Waals surface area contributed by atoms with Crippen LogP contribution in [0.25, 0.3) is 23.0 Å². The van der Waals surface area contributed by atoms with Crippen molar-refractivity contribution in [3.63, 3.8) is 0 Å². The first-order valence-electron chi connectivity index (χ1n) is 11.5. The van der Waals surface area contributed by atoms with Crippen molar-refractivity contribution in [2.45, 2.75) is 13.3 Å². The number of carbonyl (C=O) groups is 1. The number of hydrogen-bond donors (Lipinski definition) is 1. The van der Waals surface area contributed by atoms with Crippen molar-refractivity contribution >= 4 is 17.7 Å². The SMILES string of the molecule is CCc1ccc(NC(=O)C(C#N)=Cc2cn(-c3ccccc3)nc2-c2ccc(OC)c(OC)c2)cc1. The van der Waals surface area contributed by atoms with E-state index < -0.39 is 5.91 Å². The zero-order chi connectivity index (χ0) is 25.5. The Bertz CT molecular complexity index is 1430. The number of carbonyl (C=O) groups excluding carboxylic acids is 1. The summed E-state index contributed by atoms with van der Waals surface area (Å²) in [6.07, 6.45) is 4.25. The molecule has 0 atom stereocenters. The highest BCUT2D eigenvalue weighted by Gasteiger charge is 2.17. The lowest BCUT2D eigenvalue weighted by Crippen LogP contribution is -2.13. The van der Waals surface area contributed by atoms with Gasteiger partial charge < -0.3 is 14.8 Å². The van der Waals surface area contributed by atoms with Crippen LogP contribution in [0.5, 0.6) is 11.5 Å². The highest BCUT2D eigenvalue weighted by atomic mass is 16.5. The molecule has 4 aromatic rings. The monoisotopic (exact) mass is 478 g/mol. The molecule has 180 valence electrons. The van der Waals surface area contributed by atoms with Crippen LogP contribution < -0.4 is 14.8 Å². The molecule has 36 heavy (non-hydrogen) atoms. The first kappa shape index (κ1) is 24.3. The van der Waals surface area contributed by atoms with Gasteiger partial charge in [-0.3, -0.25) is 4.79 Å². The third kappa shape index (κ3) is 5.29. The maximum absolute atomic E-state index is 12.9. The fraction of sp³-hybridized carbons (Fsp3) is 0.138. The first-order chi connectivity index (χ1) is 17.6. The second kappa shape index (κ2) is 11.1. The minimum Gasteiger partial charge on any atom is -0.493 e. The number of aromatic nitrogens is 2. The number of para-hydroxylation sites is 1.